The van der Waals surface area contributed by atoms with Crippen LogP contribution in [-0.2, 0) is 14.4 Å². The summed E-state index contributed by atoms with van der Waals surface area (Å²) in [7, 11) is 0. The van der Waals surface area contributed by atoms with Crippen molar-refractivity contribution in [2.24, 2.45) is 5.73 Å². The highest BCUT2D eigenvalue weighted by Gasteiger charge is 2.18. The van der Waals surface area contributed by atoms with E-state index in [9.17, 15) is 19.2 Å². The van der Waals surface area contributed by atoms with Crippen LogP contribution in [0.3, 0.4) is 0 Å². The molecule has 10 heteroatoms. The van der Waals surface area contributed by atoms with Crippen molar-refractivity contribution in [1.82, 2.24) is 10.3 Å². The first-order valence-electron chi connectivity index (χ1n) is 8.58. The maximum absolute atomic E-state index is 12.7. The number of nitrogens with two attached hydrogens (primary N) is 1. The summed E-state index contributed by atoms with van der Waals surface area (Å²) in [5.41, 5.74) is 6.07. The van der Waals surface area contributed by atoms with Crippen LogP contribution in [0.25, 0.3) is 0 Å². The molecule has 1 aromatic carbocycles. The lowest BCUT2D eigenvalue weighted by Crippen LogP contribution is -2.35. The van der Waals surface area contributed by atoms with Crippen molar-refractivity contribution in [2.75, 3.05) is 11.9 Å². The van der Waals surface area contributed by atoms with Gasteiger partial charge in [-0.25, -0.2) is 0 Å². The molecule has 0 aliphatic rings. The van der Waals surface area contributed by atoms with Gasteiger partial charge in [0.1, 0.15) is 11.7 Å². The maximum atomic E-state index is 12.7. The second-order valence-corrected chi connectivity index (χ2v) is 6.96. The van der Waals surface area contributed by atoms with Crippen LogP contribution in [0.4, 0.5) is 5.69 Å². The number of carboxylic acid groups (broad SMARTS) is 1. The summed E-state index contributed by atoms with van der Waals surface area (Å²) in [5, 5.41) is 13.7. The van der Waals surface area contributed by atoms with Gasteiger partial charge in [-0.05, 0) is 36.8 Å². The molecule has 0 spiro atoms. The third kappa shape index (κ3) is 6.77. The molecule has 1 atom stereocenters. The summed E-state index contributed by atoms with van der Waals surface area (Å²) >= 11 is 3.30. The Labute approximate surface area is 174 Å². The second-order valence-electron chi connectivity index (χ2n) is 6.04. The number of carboxylic acids is 1. The lowest BCUT2D eigenvalue weighted by molar-refractivity contribution is -0.138. The predicted octanol–water partition coefficient (Wildman–Crippen LogP) is 1.32. The first kappa shape index (κ1) is 22.2. The Morgan fingerprint density at radius 2 is 1.90 bits per heavy atom. The molecule has 1 heterocycles. The number of carbonyl (C=O) groups excluding carboxylic acids is 3. The van der Waals surface area contributed by atoms with Gasteiger partial charge < -0.3 is 21.5 Å². The summed E-state index contributed by atoms with van der Waals surface area (Å²) < 4.78 is 0.651. The molecule has 9 nitrogen and oxygen atoms in total. The fourth-order valence-corrected chi connectivity index (χ4v) is 2.68. The van der Waals surface area contributed by atoms with Crippen LogP contribution in [0.2, 0.25) is 0 Å². The Bertz CT molecular complexity index is 920. The Morgan fingerprint density at radius 1 is 1.14 bits per heavy atom. The smallest absolute Gasteiger partial charge is 0.320 e. The first-order valence-corrected chi connectivity index (χ1v) is 9.37. The van der Waals surface area contributed by atoms with Gasteiger partial charge >= 0.3 is 5.97 Å². The Hall–Kier alpha value is -3.11. The van der Waals surface area contributed by atoms with Crippen molar-refractivity contribution in [3.8, 4) is 0 Å². The molecule has 0 bridgehead atoms. The maximum Gasteiger partial charge on any atom is 0.320 e. The lowest BCUT2D eigenvalue weighted by atomic mass is 10.1. The molecule has 0 aliphatic carbocycles. The minimum atomic E-state index is -1.20. The van der Waals surface area contributed by atoms with Crippen molar-refractivity contribution >= 4 is 45.2 Å². The van der Waals surface area contributed by atoms with Gasteiger partial charge in [-0.3, -0.25) is 24.2 Å². The number of hydrogen-bond acceptors (Lipinski definition) is 6. The highest BCUT2D eigenvalue weighted by Crippen LogP contribution is 2.23. The molecular formula is C19H19BrN4O5. The lowest BCUT2D eigenvalue weighted by Gasteiger charge is -2.12. The molecule has 152 valence electrons. The number of rotatable bonds is 9. The molecule has 1 aromatic heterocycles. The number of nitrogens with one attached hydrogen (secondary N) is 2. The number of amides is 2. The Balaban J connectivity index is 1.99. The van der Waals surface area contributed by atoms with E-state index in [1.165, 1.54) is 6.20 Å². The zero-order valence-electron chi connectivity index (χ0n) is 15.2. The number of carbonyl (C=O) groups is 4. The minimum absolute atomic E-state index is 0.0434. The normalized spacial score (nSPS) is 11.4. The average Bonchev–Trinajstić information content (AvgIpc) is 2.71. The van der Waals surface area contributed by atoms with Crippen LogP contribution >= 0.6 is 15.9 Å². The third-order valence-corrected chi connectivity index (χ3v) is 4.34. The van der Waals surface area contributed by atoms with Gasteiger partial charge in [0, 0.05) is 22.7 Å². The van der Waals surface area contributed by atoms with E-state index < -0.39 is 23.8 Å². The third-order valence-electron chi connectivity index (χ3n) is 3.84. The second kappa shape index (κ2) is 10.4. The fourth-order valence-electron chi connectivity index (χ4n) is 2.32. The molecule has 2 aromatic rings. The van der Waals surface area contributed by atoms with Crippen LogP contribution in [-0.4, -0.2) is 46.2 Å². The van der Waals surface area contributed by atoms with Gasteiger partial charge in [-0.2, -0.15) is 0 Å². The summed E-state index contributed by atoms with van der Waals surface area (Å²) in [4.78, 5) is 51.3. The van der Waals surface area contributed by atoms with Crippen LogP contribution < -0.4 is 16.4 Å². The van der Waals surface area contributed by atoms with Gasteiger partial charge in [0.15, 0.2) is 0 Å². The van der Waals surface area contributed by atoms with E-state index in [2.05, 4.69) is 31.5 Å². The van der Waals surface area contributed by atoms with E-state index in [0.29, 0.717) is 4.47 Å². The van der Waals surface area contributed by atoms with Gasteiger partial charge in [0.2, 0.25) is 17.6 Å². The molecule has 2 rings (SSSR count). The van der Waals surface area contributed by atoms with Crippen LogP contribution in [0, 0.1) is 0 Å². The highest BCUT2D eigenvalue weighted by molar-refractivity contribution is 9.10. The number of nitrogens with zero attached hydrogens (tertiary/aromatic N) is 1. The van der Waals surface area contributed by atoms with E-state index in [1.807, 2.05) is 0 Å². The average molecular weight is 463 g/mol. The summed E-state index contributed by atoms with van der Waals surface area (Å²) in [5.74, 6) is -2.61. The number of anilines is 1. The molecule has 2 amide bonds. The van der Waals surface area contributed by atoms with Gasteiger partial charge in [-0.1, -0.05) is 22.0 Å². The van der Waals surface area contributed by atoms with Crippen molar-refractivity contribution in [1.29, 1.82) is 0 Å². The summed E-state index contributed by atoms with van der Waals surface area (Å²) in [6, 6.07) is 8.59. The number of benzene rings is 1. The minimum Gasteiger partial charge on any atom is -0.480 e. The number of aliphatic carboxylic acids is 1. The largest absolute Gasteiger partial charge is 0.480 e. The first-order chi connectivity index (χ1) is 13.8. The fraction of sp³-hybridized carbons (Fsp3) is 0.211. The molecule has 0 unspecified atom stereocenters. The standard InChI is InChI=1S/C19H19BrN4O5/c20-11-4-6-14(12(9-11)18(27)15-3-1-2-8-22-15)24-17(26)10-23-16(25)7-5-13(21)19(28)29/h1-4,6,8-9,13H,5,7,10,21H2,(H,23,25)(H,24,26)(H,28,29)/t13-/m0/s1. The van der Waals surface area contributed by atoms with Crippen molar-refractivity contribution in [3.63, 3.8) is 0 Å². The van der Waals surface area contributed by atoms with Crippen molar-refractivity contribution in [3.05, 3.63) is 58.3 Å². The molecular weight excluding hydrogens is 444 g/mol. The number of aromatic nitrogens is 1. The molecule has 29 heavy (non-hydrogen) atoms. The van der Waals surface area contributed by atoms with E-state index in [1.54, 1.807) is 36.4 Å². The van der Waals surface area contributed by atoms with Crippen LogP contribution in [0.5, 0.6) is 0 Å². The van der Waals surface area contributed by atoms with Crippen LogP contribution in [0.15, 0.2) is 47.1 Å². The van der Waals surface area contributed by atoms with E-state index in [0.717, 1.165) is 0 Å². The molecule has 0 fully saturated rings. The van der Waals surface area contributed by atoms with Crippen molar-refractivity contribution in [2.45, 2.75) is 18.9 Å². The molecule has 5 N–H and O–H groups in total. The zero-order chi connectivity index (χ0) is 21.4. The van der Waals surface area contributed by atoms with Crippen LogP contribution in [0.1, 0.15) is 28.9 Å². The highest BCUT2D eigenvalue weighted by atomic mass is 79.9. The number of pyridine rings is 1. The Kier molecular flexibility index (Phi) is 7.98. The van der Waals surface area contributed by atoms with E-state index in [-0.39, 0.29) is 42.1 Å². The van der Waals surface area contributed by atoms with Gasteiger partial charge in [0.25, 0.3) is 0 Å². The zero-order valence-corrected chi connectivity index (χ0v) is 16.8. The molecule has 0 radical (unpaired) electrons. The Morgan fingerprint density at radius 3 is 2.55 bits per heavy atom. The molecule has 0 saturated carbocycles. The molecule has 0 saturated heterocycles. The quantitative estimate of drug-likeness (QED) is 0.410. The van der Waals surface area contributed by atoms with E-state index >= 15 is 0 Å². The number of ketones is 1. The number of hydrogen-bond donors (Lipinski definition) is 4. The molecule has 0 aliphatic heterocycles. The number of halogens is 1. The predicted molar refractivity (Wildman–Crippen MR) is 108 cm³/mol. The van der Waals surface area contributed by atoms with Gasteiger partial charge in [-0.15, -0.1) is 0 Å². The summed E-state index contributed by atoms with van der Waals surface area (Å²) in [6.07, 6.45) is 1.33. The van der Waals surface area contributed by atoms with Gasteiger partial charge in [0.05, 0.1) is 12.2 Å². The van der Waals surface area contributed by atoms with Crippen molar-refractivity contribution < 1.29 is 24.3 Å². The SMILES string of the molecule is N[C@@H](CCC(=O)NCC(=O)Nc1ccc(Br)cc1C(=O)c1ccccn1)C(=O)O. The summed E-state index contributed by atoms with van der Waals surface area (Å²) in [6.45, 7) is -0.339. The monoisotopic (exact) mass is 462 g/mol. The topological polar surface area (TPSA) is 151 Å². The van der Waals surface area contributed by atoms with E-state index in [4.69, 9.17) is 10.8 Å².